The molecule has 0 bridgehead atoms. The summed E-state index contributed by atoms with van der Waals surface area (Å²) in [4.78, 5) is 0. The molecule has 1 atom stereocenters. The Balaban J connectivity index is 2.46. The fourth-order valence-corrected chi connectivity index (χ4v) is 1.03. The van der Waals surface area contributed by atoms with Gasteiger partial charge in [0.2, 0.25) is 0 Å². The summed E-state index contributed by atoms with van der Waals surface area (Å²) in [5.41, 5.74) is 1.40. The van der Waals surface area contributed by atoms with Crippen molar-refractivity contribution in [2.45, 2.75) is 40.3 Å². The molecule has 0 saturated heterocycles. The van der Waals surface area contributed by atoms with Gasteiger partial charge in [-0.05, 0) is 12.3 Å². The molecule has 1 rings (SSSR count). The Labute approximate surface area is 85.7 Å². The highest BCUT2D eigenvalue weighted by Crippen LogP contribution is 2.18. The van der Waals surface area contributed by atoms with E-state index in [0.717, 1.165) is 12.2 Å². The first-order valence-corrected chi connectivity index (χ1v) is 4.98. The summed E-state index contributed by atoms with van der Waals surface area (Å²) in [6.07, 6.45) is 1.79. The van der Waals surface area contributed by atoms with Crippen molar-refractivity contribution in [1.82, 2.24) is 20.3 Å². The van der Waals surface area contributed by atoms with Crippen molar-refractivity contribution < 1.29 is 0 Å². The van der Waals surface area contributed by atoms with E-state index in [9.17, 15) is 0 Å². The van der Waals surface area contributed by atoms with Crippen LogP contribution < -0.4 is 5.32 Å². The molecule has 0 saturated carbocycles. The van der Waals surface area contributed by atoms with Gasteiger partial charge in [-0.1, -0.05) is 26.0 Å². The lowest BCUT2D eigenvalue weighted by Crippen LogP contribution is -2.37. The Hall–Kier alpha value is -0.900. The number of aryl methyl sites for hydroxylation is 1. The molecule has 1 heterocycles. The first kappa shape index (κ1) is 11.2. The van der Waals surface area contributed by atoms with Crippen LogP contribution in [0.15, 0.2) is 6.20 Å². The highest BCUT2D eigenvalue weighted by atomic mass is 15.4. The monoisotopic (exact) mass is 196 g/mol. The Bertz CT molecular complexity index is 285. The van der Waals surface area contributed by atoms with Crippen LogP contribution in [-0.2, 0) is 13.6 Å². The summed E-state index contributed by atoms with van der Waals surface area (Å²) in [5, 5.41) is 11.2. The highest BCUT2D eigenvalue weighted by Gasteiger charge is 2.19. The van der Waals surface area contributed by atoms with E-state index < -0.39 is 0 Å². The van der Waals surface area contributed by atoms with Gasteiger partial charge in [0, 0.05) is 19.6 Å². The molecule has 4 heteroatoms. The van der Waals surface area contributed by atoms with Gasteiger partial charge < -0.3 is 5.32 Å². The molecule has 1 N–H and O–H groups in total. The second kappa shape index (κ2) is 4.09. The van der Waals surface area contributed by atoms with Crippen molar-refractivity contribution in [1.29, 1.82) is 0 Å². The van der Waals surface area contributed by atoms with Crippen LogP contribution in [0.3, 0.4) is 0 Å². The average Bonchev–Trinajstić information content (AvgIpc) is 2.45. The van der Waals surface area contributed by atoms with Crippen LogP contribution in [0.4, 0.5) is 0 Å². The van der Waals surface area contributed by atoms with E-state index in [4.69, 9.17) is 0 Å². The van der Waals surface area contributed by atoms with Gasteiger partial charge in [-0.3, -0.25) is 4.68 Å². The zero-order valence-electron chi connectivity index (χ0n) is 9.70. The number of nitrogens with zero attached hydrogens (tertiary/aromatic N) is 3. The van der Waals surface area contributed by atoms with Crippen LogP contribution >= 0.6 is 0 Å². The lowest BCUT2D eigenvalue weighted by atomic mass is 9.88. The minimum Gasteiger partial charge on any atom is -0.308 e. The molecule has 1 aromatic rings. The standard InChI is InChI=1S/C10H20N4/c1-8(10(2,3)4)11-6-9-7-12-13-14(9)5/h7-8,11H,6H2,1-5H3. The molecule has 4 nitrogen and oxygen atoms in total. The van der Waals surface area contributed by atoms with Gasteiger partial charge in [0.05, 0.1) is 11.9 Å². The van der Waals surface area contributed by atoms with Crippen molar-refractivity contribution in [3.8, 4) is 0 Å². The van der Waals surface area contributed by atoms with Gasteiger partial charge >= 0.3 is 0 Å². The number of hydrogen-bond donors (Lipinski definition) is 1. The van der Waals surface area contributed by atoms with Crippen LogP contribution in [0.25, 0.3) is 0 Å². The first-order valence-electron chi connectivity index (χ1n) is 4.98. The molecule has 0 aliphatic rings. The van der Waals surface area contributed by atoms with Gasteiger partial charge in [0.25, 0.3) is 0 Å². The molecule has 14 heavy (non-hydrogen) atoms. The number of aromatic nitrogens is 3. The lowest BCUT2D eigenvalue weighted by molar-refractivity contribution is 0.283. The summed E-state index contributed by atoms with van der Waals surface area (Å²) in [7, 11) is 1.91. The molecule has 80 valence electrons. The molecule has 0 aliphatic heterocycles. The van der Waals surface area contributed by atoms with E-state index >= 15 is 0 Å². The van der Waals surface area contributed by atoms with E-state index in [1.165, 1.54) is 0 Å². The number of nitrogens with one attached hydrogen (secondary N) is 1. The smallest absolute Gasteiger partial charge is 0.0738 e. The second-order valence-corrected chi connectivity index (χ2v) is 4.82. The van der Waals surface area contributed by atoms with Crippen LogP contribution in [-0.4, -0.2) is 21.0 Å². The third kappa shape index (κ3) is 2.80. The third-order valence-corrected chi connectivity index (χ3v) is 2.70. The molecular weight excluding hydrogens is 176 g/mol. The average molecular weight is 196 g/mol. The predicted octanol–water partition coefficient (Wildman–Crippen LogP) is 1.34. The molecular formula is C10H20N4. The van der Waals surface area contributed by atoms with Crippen molar-refractivity contribution in [3.05, 3.63) is 11.9 Å². The Morgan fingerprint density at radius 3 is 2.57 bits per heavy atom. The van der Waals surface area contributed by atoms with Crippen molar-refractivity contribution in [3.63, 3.8) is 0 Å². The summed E-state index contributed by atoms with van der Waals surface area (Å²) in [6, 6.07) is 0.470. The second-order valence-electron chi connectivity index (χ2n) is 4.82. The minimum atomic E-state index is 0.284. The van der Waals surface area contributed by atoms with Gasteiger partial charge in [0.1, 0.15) is 0 Å². The van der Waals surface area contributed by atoms with Gasteiger partial charge in [-0.2, -0.15) is 0 Å². The van der Waals surface area contributed by atoms with E-state index in [2.05, 4.69) is 43.3 Å². The molecule has 0 spiro atoms. The summed E-state index contributed by atoms with van der Waals surface area (Å²) in [6.45, 7) is 9.70. The highest BCUT2D eigenvalue weighted by molar-refractivity contribution is 4.93. The van der Waals surface area contributed by atoms with E-state index in [-0.39, 0.29) is 5.41 Å². The molecule has 0 aromatic carbocycles. The predicted molar refractivity (Wildman–Crippen MR) is 56.8 cm³/mol. The van der Waals surface area contributed by atoms with E-state index in [1.807, 2.05) is 7.05 Å². The van der Waals surface area contributed by atoms with E-state index in [0.29, 0.717) is 6.04 Å². The molecule has 0 aliphatic carbocycles. The maximum absolute atomic E-state index is 3.88. The summed E-state index contributed by atoms with van der Waals surface area (Å²) < 4.78 is 1.79. The number of rotatable bonds is 3. The van der Waals surface area contributed by atoms with Crippen LogP contribution in [0.1, 0.15) is 33.4 Å². The SMILES string of the molecule is CC(NCc1cnnn1C)C(C)(C)C. The molecule has 0 radical (unpaired) electrons. The maximum atomic E-state index is 3.88. The zero-order valence-corrected chi connectivity index (χ0v) is 9.70. The van der Waals surface area contributed by atoms with Crippen LogP contribution in [0.2, 0.25) is 0 Å². The normalized spacial score (nSPS) is 14.4. The quantitative estimate of drug-likeness (QED) is 0.793. The van der Waals surface area contributed by atoms with Gasteiger partial charge in [-0.15, -0.1) is 5.10 Å². The largest absolute Gasteiger partial charge is 0.308 e. The van der Waals surface area contributed by atoms with Crippen LogP contribution in [0.5, 0.6) is 0 Å². The van der Waals surface area contributed by atoms with Gasteiger partial charge in [-0.25, -0.2) is 0 Å². The fourth-order valence-electron chi connectivity index (χ4n) is 1.03. The summed E-state index contributed by atoms with van der Waals surface area (Å²) in [5.74, 6) is 0. The first-order chi connectivity index (χ1) is 6.41. The summed E-state index contributed by atoms with van der Waals surface area (Å²) >= 11 is 0. The Morgan fingerprint density at radius 2 is 2.14 bits per heavy atom. The number of hydrogen-bond acceptors (Lipinski definition) is 3. The lowest BCUT2D eigenvalue weighted by Gasteiger charge is -2.28. The van der Waals surface area contributed by atoms with E-state index in [1.54, 1.807) is 10.9 Å². The zero-order chi connectivity index (χ0) is 10.8. The maximum Gasteiger partial charge on any atom is 0.0738 e. The Kier molecular flexibility index (Phi) is 3.26. The molecule has 0 fully saturated rings. The minimum absolute atomic E-state index is 0.284. The molecule has 1 unspecified atom stereocenters. The fraction of sp³-hybridized carbons (Fsp3) is 0.800. The Morgan fingerprint density at radius 1 is 1.50 bits per heavy atom. The van der Waals surface area contributed by atoms with Crippen molar-refractivity contribution in [2.24, 2.45) is 12.5 Å². The topological polar surface area (TPSA) is 42.7 Å². The third-order valence-electron chi connectivity index (χ3n) is 2.70. The molecule has 0 amide bonds. The van der Waals surface area contributed by atoms with Crippen molar-refractivity contribution in [2.75, 3.05) is 0 Å². The van der Waals surface area contributed by atoms with Crippen LogP contribution in [0, 0.1) is 5.41 Å². The van der Waals surface area contributed by atoms with Crippen molar-refractivity contribution >= 4 is 0 Å². The molecule has 1 aromatic heterocycles. The van der Waals surface area contributed by atoms with Gasteiger partial charge in [0.15, 0.2) is 0 Å².